The lowest BCUT2D eigenvalue weighted by Gasteiger charge is -2.26. The fourth-order valence-corrected chi connectivity index (χ4v) is 3.26. The summed E-state index contributed by atoms with van der Waals surface area (Å²) in [6.07, 6.45) is -1.68. The van der Waals surface area contributed by atoms with E-state index in [2.05, 4.69) is 15.0 Å². The number of nitrogens with two attached hydrogens (primary N) is 1. The monoisotopic (exact) mass is 341 g/mol. The zero-order valence-electron chi connectivity index (χ0n) is 11.8. The summed E-state index contributed by atoms with van der Waals surface area (Å²) in [5.74, 6) is -0.0256. The number of carbonyl (C=O) groups excluding carboxylic acids is 1. The van der Waals surface area contributed by atoms with Gasteiger partial charge in [0.15, 0.2) is 28.7 Å². The van der Waals surface area contributed by atoms with Gasteiger partial charge in [0.1, 0.15) is 11.6 Å². The predicted octanol–water partition coefficient (Wildman–Crippen LogP) is 0.246. The molecule has 2 aliphatic rings. The number of halogens is 1. The minimum atomic E-state index is -1.15. The average Bonchev–Trinajstić information content (AvgIpc) is 3.08. The summed E-state index contributed by atoms with van der Waals surface area (Å²) >= 11 is 6.01. The molecule has 4 rings (SSSR count). The van der Waals surface area contributed by atoms with E-state index in [0.29, 0.717) is 11.2 Å². The first-order valence-electron chi connectivity index (χ1n) is 6.75. The Labute approximate surface area is 134 Å². The van der Waals surface area contributed by atoms with Crippen molar-refractivity contribution in [3.63, 3.8) is 0 Å². The van der Waals surface area contributed by atoms with E-state index >= 15 is 0 Å². The van der Waals surface area contributed by atoms with Gasteiger partial charge in [-0.3, -0.25) is 4.57 Å². The maximum atomic E-state index is 11.5. The summed E-state index contributed by atoms with van der Waals surface area (Å²) in [4.78, 5) is 23.6. The Morgan fingerprint density at radius 1 is 1.52 bits per heavy atom. The number of aliphatic hydroxyl groups excluding tert-OH is 1. The first-order chi connectivity index (χ1) is 10.9. The van der Waals surface area contributed by atoms with Crippen LogP contribution in [0.5, 0.6) is 0 Å². The van der Waals surface area contributed by atoms with Crippen LogP contribution >= 0.6 is 11.6 Å². The van der Waals surface area contributed by atoms with Crippen molar-refractivity contribution in [2.75, 3.05) is 12.3 Å². The van der Waals surface area contributed by atoms with E-state index in [1.54, 1.807) is 6.92 Å². The van der Waals surface area contributed by atoms with Crippen molar-refractivity contribution in [1.29, 1.82) is 0 Å². The van der Waals surface area contributed by atoms with Crippen LogP contribution in [0.15, 0.2) is 6.33 Å². The summed E-state index contributed by atoms with van der Waals surface area (Å²) in [5.41, 5.74) is 5.14. The highest BCUT2D eigenvalue weighted by Crippen LogP contribution is 2.47. The number of imidazole rings is 1. The Morgan fingerprint density at radius 2 is 2.30 bits per heavy atom. The first-order valence-corrected chi connectivity index (χ1v) is 7.13. The number of nitrogens with zero attached hydrogens (tertiary/aromatic N) is 4. The topological polar surface area (TPSA) is 135 Å². The van der Waals surface area contributed by atoms with Crippen molar-refractivity contribution in [3.05, 3.63) is 11.5 Å². The second-order valence-corrected chi connectivity index (χ2v) is 5.84. The Kier molecular flexibility index (Phi) is 2.92. The summed E-state index contributed by atoms with van der Waals surface area (Å²) < 4.78 is 17.7. The third-order valence-corrected chi connectivity index (χ3v) is 4.32. The Morgan fingerprint density at radius 3 is 3.04 bits per heavy atom. The lowest BCUT2D eigenvalue weighted by Crippen LogP contribution is -2.41. The molecule has 122 valence electrons. The molecule has 4 atom stereocenters. The van der Waals surface area contributed by atoms with Gasteiger partial charge in [0, 0.05) is 0 Å². The van der Waals surface area contributed by atoms with Crippen molar-refractivity contribution in [1.82, 2.24) is 19.5 Å². The second kappa shape index (κ2) is 4.66. The Balaban J connectivity index is 1.86. The maximum absolute atomic E-state index is 11.5. The standard InChI is InChI=1S/C12H12ClN5O5/c1-12-6(22-11(20)23-12)4(2-19)21-9(12)18-3-15-5-7(13)16-10(14)17-8(5)18/h3-4,6,9,19H,2H2,1H3,(H2,14,16,17). The van der Waals surface area contributed by atoms with Gasteiger partial charge in [-0.15, -0.1) is 0 Å². The third kappa shape index (κ3) is 1.89. The molecule has 10 nitrogen and oxygen atoms in total. The van der Waals surface area contributed by atoms with Crippen LogP contribution in [-0.4, -0.2) is 55.2 Å². The van der Waals surface area contributed by atoms with Crippen LogP contribution in [-0.2, 0) is 14.2 Å². The van der Waals surface area contributed by atoms with Gasteiger partial charge < -0.3 is 25.1 Å². The minimum absolute atomic E-state index is 0.0256. The van der Waals surface area contributed by atoms with Gasteiger partial charge in [0.05, 0.1) is 12.9 Å². The molecule has 2 aromatic heterocycles. The third-order valence-electron chi connectivity index (χ3n) is 4.05. The molecule has 0 amide bonds. The molecule has 0 aromatic carbocycles. The van der Waals surface area contributed by atoms with Gasteiger partial charge >= 0.3 is 6.16 Å². The molecule has 0 spiro atoms. The molecule has 2 saturated heterocycles. The quantitative estimate of drug-likeness (QED) is 0.581. The van der Waals surface area contributed by atoms with E-state index in [4.69, 9.17) is 31.5 Å². The number of anilines is 1. The fourth-order valence-electron chi connectivity index (χ4n) is 3.04. The van der Waals surface area contributed by atoms with Gasteiger partial charge in [0.25, 0.3) is 0 Å². The number of rotatable bonds is 2. The second-order valence-electron chi connectivity index (χ2n) is 5.48. The molecule has 2 aliphatic heterocycles. The zero-order chi connectivity index (χ0) is 16.4. The lowest BCUT2D eigenvalue weighted by molar-refractivity contribution is -0.0908. The smallest absolute Gasteiger partial charge is 0.424 e. The van der Waals surface area contributed by atoms with Crippen molar-refractivity contribution in [2.45, 2.75) is 31.0 Å². The highest BCUT2D eigenvalue weighted by Gasteiger charge is 2.64. The number of aliphatic hydroxyl groups is 1. The van der Waals surface area contributed by atoms with E-state index in [0.717, 1.165) is 0 Å². The van der Waals surface area contributed by atoms with Gasteiger partial charge in [0.2, 0.25) is 5.95 Å². The van der Waals surface area contributed by atoms with Crippen molar-refractivity contribution in [2.24, 2.45) is 0 Å². The molecule has 2 fully saturated rings. The van der Waals surface area contributed by atoms with Gasteiger partial charge in [-0.25, -0.2) is 9.78 Å². The summed E-state index contributed by atoms with van der Waals surface area (Å²) in [5, 5.41) is 9.57. The largest absolute Gasteiger partial charge is 0.509 e. The van der Waals surface area contributed by atoms with Crippen molar-refractivity contribution >= 4 is 34.9 Å². The first kappa shape index (κ1) is 14.4. The Bertz CT molecular complexity index is 812. The van der Waals surface area contributed by atoms with Gasteiger partial charge in [-0.05, 0) is 6.92 Å². The van der Waals surface area contributed by atoms with E-state index in [9.17, 15) is 9.90 Å². The van der Waals surface area contributed by atoms with E-state index in [1.807, 2.05) is 0 Å². The molecule has 11 heteroatoms. The summed E-state index contributed by atoms with van der Waals surface area (Å²) in [6.45, 7) is 1.32. The highest BCUT2D eigenvalue weighted by molar-refractivity contribution is 6.33. The molecule has 0 bridgehead atoms. The minimum Gasteiger partial charge on any atom is -0.424 e. The zero-order valence-corrected chi connectivity index (χ0v) is 12.6. The SMILES string of the molecule is CC12OC(=O)OC1C(CO)OC2n1cnc2c(Cl)nc(N)nc21. The fraction of sp³-hybridized carbons (Fsp3) is 0.500. The van der Waals surface area contributed by atoms with Gasteiger partial charge in [-0.1, -0.05) is 11.6 Å². The van der Waals surface area contributed by atoms with Crippen LogP contribution in [0.4, 0.5) is 10.7 Å². The van der Waals surface area contributed by atoms with Gasteiger partial charge in [-0.2, -0.15) is 9.97 Å². The van der Waals surface area contributed by atoms with E-state index in [-0.39, 0.29) is 17.7 Å². The molecule has 23 heavy (non-hydrogen) atoms. The van der Waals surface area contributed by atoms with E-state index in [1.165, 1.54) is 10.9 Å². The number of fused-ring (bicyclic) bond motifs is 2. The number of ether oxygens (including phenoxy) is 3. The molecule has 2 aromatic rings. The normalized spacial score (nSPS) is 32.8. The van der Waals surface area contributed by atoms with E-state index < -0.39 is 30.2 Å². The van der Waals surface area contributed by atoms with Crippen LogP contribution < -0.4 is 5.73 Å². The lowest BCUT2D eigenvalue weighted by atomic mass is 9.96. The molecule has 4 heterocycles. The van der Waals surface area contributed by atoms with Crippen LogP contribution in [0.2, 0.25) is 5.15 Å². The average molecular weight is 342 g/mol. The van der Waals surface area contributed by atoms with Crippen LogP contribution in [0.25, 0.3) is 11.2 Å². The highest BCUT2D eigenvalue weighted by atomic mass is 35.5. The number of carbonyl (C=O) groups is 1. The molecule has 0 radical (unpaired) electrons. The number of hydrogen-bond acceptors (Lipinski definition) is 9. The van der Waals surface area contributed by atoms with Crippen molar-refractivity contribution < 1.29 is 24.1 Å². The molecule has 3 N–H and O–H groups in total. The molecule has 0 saturated carbocycles. The summed E-state index contributed by atoms with van der Waals surface area (Å²) in [7, 11) is 0. The number of hydrogen-bond donors (Lipinski definition) is 2. The Hall–Kier alpha value is -2.17. The number of aromatic nitrogens is 4. The van der Waals surface area contributed by atoms with Crippen LogP contribution in [0, 0.1) is 0 Å². The summed E-state index contributed by atoms with van der Waals surface area (Å²) in [6, 6.07) is 0. The molecular weight excluding hydrogens is 330 g/mol. The molecule has 0 aliphatic carbocycles. The van der Waals surface area contributed by atoms with Crippen LogP contribution in [0.1, 0.15) is 13.2 Å². The van der Waals surface area contributed by atoms with Crippen molar-refractivity contribution in [3.8, 4) is 0 Å². The molecular formula is C12H12ClN5O5. The predicted molar refractivity (Wildman–Crippen MR) is 75.5 cm³/mol. The van der Waals surface area contributed by atoms with Crippen LogP contribution in [0.3, 0.4) is 0 Å². The molecule has 4 unspecified atom stereocenters. The number of nitrogen functional groups attached to an aromatic ring is 1. The maximum Gasteiger partial charge on any atom is 0.509 e.